The summed E-state index contributed by atoms with van der Waals surface area (Å²) < 4.78 is 5.33. The molecule has 3 saturated heterocycles. The van der Waals surface area contributed by atoms with Crippen LogP contribution < -0.4 is 4.90 Å². The van der Waals surface area contributed by atoms with Crippen LogP contribution in [0.25, 0.3) is 0 Å². The molecule has 0 amide bonds. The van der Waals surface area contributed by atoms with Crippen molar-refractivity contribution in [2.75, 3.05) is 13.1 Å². The molecule has 0 aliphatic carbocycles. The Kier molecular flexibility index (Phi) is 2.13. The molecule has 3 fully saturated rings. The van der Waals surface area contributed by atoms with Crippen LogP contribution in [0.5, 0.6) is 0 Å². The van der Waals surface area contributed by atoms with Crippen LogP contribution in [0.1, 0.15) is 18.6 Å². The van der Waals surface area contributed by atoms with Crippen molar-refractivity contribution in [2.45, 2.75) is 25.3 Å². The average molecular weight is 206 g/mol. The second kappa shape index (κ2) is 3.49. The maximum absolute atomic E-state index is 12.1. The highest BCUT2D eigenvalue weighted by Gasteiger charge is 2.44. The molecule has 1 unspecified atom stereocenters. The van der Waals surface area contributed by atoms with Gasteiger partial charge in [-0.2, -0.15) is 0 Å². The predicted molar refractivity (Wildman–Crippen MR) is 54.6 cm³/mol. The molecule has 3 aliphatic rings. The maximum Gasteiger partial charge on any atom is 0.193 e. The summed E-state index contributed by atoms with van der Waals surface area (Å²) in [6.45, 7) is 2.34. The quantitative estimate of drug-likeness (QED) is 0.743. The molecule has 1 aromatic heterocycles. The van der Waals surface area contributed by atoms with Crippen molar-refractivity contribution in [1.82, 2.24) is 0 Å². The fraction of sp³-hybridized carbons (Fsp3) is 0.583. The minimum absolute atomic E-state index is 0.170. The monoisotopic (exact) mass is 206 g/mol. The minimum atomic E-state index is 0.170. The van der Waals surface area contributed by atoms with Crippen molar-refractivity contribution >= 4 is 5.78 Å². The van der Waals surface area contributed by atoms with Gasteiger partial charge in [-0.1, -0.05) is 0 Å². The number of hydrogen-bond donors (Lipinski definition) is 1. The van der Waals surface area contributed by atoms with E-state index in [0.717, 1.165) is 25.0 Å². The van der Waals surface area contributed by atoms with Gasteiger partial charge < -0.3 is 9.32 Å². The zero-order chi connectivity index (χ0) is 10.3. The third kappa shape index (κ3) is 1.51. The summed E-state index contributed by atoms with van der Waals surface area (Å²) in [6, 6.07) is 4.03. The van der Waals surface area contributed by atoms with Gasteiger partial charge in [0.2, 0.25) is 0 Å². The van der Waals surface area contributed by atoms with Crippen LogP contribution in [-0.2, 0) is 11.2 Å². The van der Waals surface area contributed by atoms with Crippen molar-refractivity contribution < 1.29 is 14.1 Å². The largest absolute Gasteiger partial charge is 0.469 e. The zero-order valence-corrected chi connectivity index (χ0v) is 8.74. The first-order valence-corrected chi connectivity index (χ1v) is 5.75. The fourth-order valence-electron chi connectivity index (χ4n) is 2.98. The fourth-order valence-corrected chi connectivity index (χ4v) is 2.98. The van der Waals surface area contributed by atoms with Crippen molar-refractivity contribution in [2.24, 2.45) is 5.92 Å². The van der Waals surface area contributed by atoms with Gasteiger partial charge in [0.1, 0.15) is 5.76 Å². The highest BCUT2D eigenvalue weighted by molar-refractivity contribution is 5.86. The van der Waals surface area contributed by atoms with Gasteiger partial charge >= 0.3 is 0 Å². The SMILES string of the molecule is O=C1C2CC[NH+](CC2)C1Cc1ccco1. The van der Waals surface area contributed by atoms with Gasteiger partial charge in [0.05, 0.1) is 25.8 Å². The van der Waals surface area contributed by atoms with Gasteiger partial charge in [-0.25, -0.2) is 0 Å². The number of Topliss-reactive ketones (excluding diaryl/α,β-unsaturated/α-hetero) is 1. The van der Waals surface area contributed by atoms with Crippen molar-refractivity contribution in [3.05, 3.63) is 24.2 Å². The normalized spacial score (nSPS) is 34.7. The van der Waals surface area contributed by atoms with E-state index in [4.69, 9.17) is 4.42 Å². The van der Waals surface area contributed by atoms with Crippen LogP contribution in [0.15, 0.2) is 22.8 Å². The van der Waals surface area contributed by atoms with Crippen LogP contribution in [0.2, 0.25) is 0 Å². The molecule has 1 atom stereocenters. The summed E-state index contributed by atoms with van der Waals surface area (Å²) in [5, 5.41) is 0. The lowest BCUT2D eigenvalue weighted by atomic mass is 9.80. The van der Waals surface area contributed by atoms with E-state index in [1.807, 2.05) is 12.1 Å². The lowest BCUT2D eigenvalue weighted by Gasteiger charge is -2.40. The van der Waals surface area contributed by atoms with E-state index in [2.05, 4.69) is 0 Å². The summed E-state index contributed by atoms with van der Waals surface area (Å²) in [5.41, 5.74) is 0. The van der Waals surface area contributed by atoms with E-state index in [9.17, 15) is 4.79 Å². The number of carbonyl (C=O) groups is 1. The smallest absolute Gasteiger partial charge is 0.193 e. The topological polar surface area (TPSA) is 34.7 Å². The van der Waals surface area contributed by atoms with Crippen molar-refractivity contribution in [3.8, 4) is 0 Å². The Balaban J connectivity index is 1.78. The standard InChI is InChI=1S/C12H15NO2/c14-12-9-3-5-13(6-4-9)11(12)8-10-2-1-7-15-10/h1-2,7,9,11H,3-6,8H2/p+1. The molecule has 2 bridgehead atoms. The number of quaternary nitrogens is 1. The molecular formula is C12H16NO2+. The second-order valence-corrected chi connectivity index (χ2v) is 4.67. The first-order chi connectivity index (χ1) is 7.34. The molecule has 80 valence electrons. The number of fused-ring (bicyclic) bond motifs is 3. The molecule has 15 heavy (non-hydrogen) atoms. The molecule has 4 heterocycles. The minimum Gasteiger partial charge on any atom is -0.469 e. The number of furan rings is 1. The van der Waals surface area contributed by atoms with E-state index in [-0.39, 0.29) is 6.04 Å². The van der Waals surface area contributed by atoms with E-state index >= 15 is 0 Å². The van der Waals surface area contributed by atoms with Crippen molar-refractivity contribution in [1.29, 1.82) is 0 Å². The Labute approximate surface area is 89.1 Å². The van der Waals surface area contributed by atoms with Crippen LogP contribution in [0, 0.1) is 5.92 Å². The van der Waals surface area contributed by atoms with Gasteiger partial charge in [-0.15, -0.1) is 0 Å². The van der Waals surface area contributed by atoms with Gasteiger partial charge in [0.25, 0.3) is 0 Å². The maximum atomic E-state index is 12.1. The molecule has 3 nitrogen and oxygen atoms in total. The molecule has 0 aromatic carbocycles. The van der Waals surface area contributed by atoms with Gasteiger partial charge in [-0.05, 0) is 12.1 Å². The Bertz CT molecular complexity index is 350. The van der Waals surface area contributed by atoms with E-state index in [1.54, 1.807) is 6.26 Å². The molecule has 0 radical (unpaired) electrons. The molecule has 0 spiro atoms. The van der Waals surface area contributed by atoms with Gasteiger partial charge in [0.15, 0.2) is 11.8 Å². The van der Waals surface area contributed by atoms with E-state index in [1.165, 1.54) is 18.0 Å². The molecule has 3 heteroatoms. The summed E-state index contributed by atoms with van der Waals surface area (Å²) in [5.74, 6) is 1.77. The van der Waals surface area contributed by atoms with Crippen LogP contribution in [0.4, 0.5) is 0 Å². The Morgan fingerprint density at radius 3 is 2.80 bits per heavy atom. The highest BCUT2D eigenvalue weighted by atomic mass is 16.3. The molecule has 0 saturated carbocycles. The number of piperidine rings is 3. The first kappa shape index (κ1) is 9.16. The van der Waals surface area contributed by atoms with Crippen LogP contribution in [0.3, 0.4) is 0 Å². The molecule has 1 N–H and O–H groups in total. The van der Waals surface area contributed by atoms with Crippen molar-refractivity contribution in [3.63, 3.8) is 0 Å². The highest BCUT2D eigenvalue weighted by Crippen LogP contribution is 2.19. The van der Waals surface area contributed by atoms with Gasteiger partial charge in [-0.3, -0.25) is 4.79 Å². The Hall–Kier alpha value is -1.09. The van der Waals surface area contributed by atoms with Gasteiger partial charge in [0, 0.05) is 18.8 Å². The summed E-state index contributed by atoms with van der Waals surface area (Å²) >= 11 is 0. The molecular weight excluding hydrogens is 190 g/mol. The second-order valence-electron chi connectivity index (χ2n) is 4.67. The summed E-state index contributed by atoms with van der Waals surface area (Å²) in [7, 11) is 0. The number of nitrogens with one attached hydrogen (secondary N) is 1. The van der Waals surface area contributed by atoms with Crippen LogP contribution in [-0.4, -0.2) is 24.9 Å². The molecule has 3 aliphatic heterocycles. The Morgan fingerprint density at radius 1 is 1.40 bits per heavy atom. The predicted octanol–water partition coefficient (Wildman–Crippen LogP) is 0.0683. The van der Waals surface area contributed by atoms with E-state index < -0.39 is 0 Å². The number of ketones is 1. The number of hydrogen-bond acceptors (Lipinski definition) is 2. The lowest BCUT2D eigenvalue weighted by molar-refractivity contribution is -0.927. The molecule has 4 rings (SSSR count). The first-order valence-electron chi connectivity index (χ1n) is 5.75. The summed E-state index contributed by atoms with van der Waals surface area (Å²) in [6.07, 6.45) is 4.68. The third-order valence-corrected chi connectivity index (χ3v) is 3.85. The zero-order valence-electron chi connectivity index (χ0n) is 8.74. The molecule has 1 aromatic rings. The Morgan fingerprint density at radius 2 is 2.20 bits per heavy atom. The number of rotatable bonds is 2. The van der Waals surface area contributed by atoms with E-state index in [0.29, 0.717) is 11.7 Å². The lowest BCUT2D eigenvalue weighted by Crippen LogP contribution is -3.20. The number of carbonyl (C=O) groups excluding carboxylic acids is 1. The summed E-state index contributed by atoms with van der Waals surface area (Å²) in [4.78, 5) is 13.5. The third-order valence-electron chi connectivity index (χ3n) is 3.85. The average Bonchev–Trinajstić information content (AvgIpc) is 2.77. The van der Waals surface area contributed by atoms with Crippen LogP contribution >= 0.6 is 0 Å².